The largest absolute Gasteiger partial charge is 0.490 e. The van der Waals surface area contributed by atoms with E-state index in [1.54, 1.807) is 18.7 Å². The summed E-state index contributed by atoms with van der Waals surface area (Å²) in [7, 11) is 0. The topological polar surface area (TPSA) is 39.9 Å². The van der Waals surface area contributed by atoms with Gasteiger partial charge in [-0.25, -0.2) is 4.98 Å². The minimum Gasteiger partial charge on any atom is -0.490 e. The van der Waals surface area contributed by atoms with Gasteiger partial charge in [-0.1, -0.05) is 18.2 Å². The average molecular weight is 239 g/mol. The predicted molar refractivity (Wildman–Crippen MR) is 69.5 cm³/mol. The van der Waals surface area contributed by atoms with E-state index in [-0.39, 0.29) is 0 Å². The summed E-state index contributed by atoms with van der Waals surface area (Å²) >= 11 is 0. The normalized spacial score (nSPS) is 10.7. The Hall–Kier alpha value is -2.36. The zero-order valence-corrected chi connectivity index (χ0v) is 9.86. The van der Waals surface area contributed by atoms with E-state index < -0.39 is 0 Å². The molecular formula is C14H13N3O. The lowest BCUT2D eigenvalue weighted by Crippen LogP contribution is -2.06. The number of imidazole rings is 1. The van der Waals surface area contributed by atoms with Crippen LogP contribution in [0.4, 0.5) is 0 Å². The molecule has 1 aromatic carbocycles. The first-order valence-corrected chi connectivity index (χ1v) is 5.85. The molecular weight excluding hydrogens is 226 g/mol. The zero-order chi connectivity index (χ0) is 12.2. The molecule has 0 aliphatic rings. The lowest BCUT2D eigenvalue weighted by molar-refractivity contribution is 0.297. The SMILES string of the molecule is c1ccc2ncc(OCCn3ccnc3)cc2c1. The van der Waals surface area contributed by atoms with E-state index in [0.29, 0.717) is 6.61 Å². The van der Waals surface area contributed by atoms with Crippen molar-refractivity contribution in [1.29, 1.82) is 0 Å². The number of para-hydroxylation sites is 1. The molecule has 2 heterocycles. The Balaban J connectivity index is 1.67. The number of nitrogens with zero attached hydrogens (tertiary/aromatic N) is 3. The number of hydrogen-bond donors (Lipinski definition) is 0. The van der Waals surface area contributed by atoms with Crippen LogP contribution in [0.1, 0.15) is 0 Å². The van der Waals surface area contributed by atoms with Crippen molar-refractivity contribution in [2.75, 3.05) is 6.61 Å². The van der Waals surface area contributed by atoms with Crippen LogP contribution in [-0.4, -0.2) is 21.1 Å². The Morgan fingerprint density at radius 1 is 1.22 bits per heavy atom. The lowest BCUT2D eigenvalue weighted by Gasteiger charge is -2.07. The Labute approximate surface area is 105 Å². The summed E-state index contributed by atoms with van der Waals surface area (Å²) < 4.78 is 7.66. The Morgan fingerprint density at radius 3 is 3.06 bits per heavy atom. The van der Waals surface area contributed by atoms with Gasteiger partial charge < -0.3 is 9.30 Å². The Morgan fingerprint density at radius 2 is 2.17 bits per heavy atom. The van der Waals surface area contributed by atoms with Gasteiger partial charge in [0.05, 0.1) is 24.6 Å². The van der Waals surface area contributed by atoms with Gasteiger partial charge in [-0.15, -0.1) is 0 Å². The van der Waals surface area contributed by atoms with E-state index >= 15 is 0 Å². The van der Waals surface area contributed by atoms with Crippen LogP contribution in [0.25, 0.3) is 10.9 Å². The van der Waals surface area contributed by atoms with Gasteiger partial charge in [0, 0.05) is 17.8 Å². The molecule has 18 heavy (non-hydrogen) atoms. The molecule has 0 saturated heterocycles. The fourth-order valence-electron chi connectivity index (χ4n) is 1.82. The zero-order valence-electron chi connectivity index (χ0n) is 9.86. The molecule has 0 N–H and O–H groups in total. The molecule has 0 atom stereocenters. The van der Waals surface area contributed by atoms with Crippen molar-refractivity contribution in [1.82, 2.24) is 14.5 Å². The molecule has 0 aliphatic carbocycles. The third-order valence-corrected chi connectivity index (χ3v) is 2.74. The third-order valence-electron chi connectivity index (χ3n) is 2.74. The molecule has 0 saturated carbocycles. The highest BCUT2D eigenvalue weighted by Gasteiger charge is 1.98. The maximum atomic E-state index is 5.68. The highest BCUT2D eigenvalue weighted by atomic mass is 16.5. The summed E-state index contributed by atoms with van der Waals surface area (Å²) in [5, 5.41) is 1.10. The van der Waals surface area contributed by atoms with Crippen LogP contribution in [0.5, 0.6) is 5.75 Å². The molecule has 0 bridgehead atoms. The molecule has 3 rings (SSSR count). The van der Waals surface area contributed by atoms with Gasteiger partial charge in [0.15, 0.2) is 0 Å². The number of ether oxygens (including phenoxy) is 1. The van der Waals surface area contributed by atoms with Gasteiger partial charge in [-0.05, 0) is 12.1 Å². The summed E-state index contributed by atoms with van der Waals surface area (Å²) in [5.41, 5.74) is 0.986. The minimum atomic E-state index is 0.608. The van der Waals surface area contributed by atoms with Gasteiger partial charge in [0.1, 0.15) is 12.4 Å². The molecule has 0 fully saturated rings. The standard InChI is InChI=1S/C14H13N3O/c1-2-4-14-12(3-1)9-13(10-16-14)18-8-7-17-6-5-15-11-17/h1-6,9-11H,7-8H2. The molecule has 0 aliphatic heterocycles. The van der Waals surface area contributed by atoms with Crippen LogP contribution in [0.3, 0.4) is 0 Å². The molecule has 90 valence electrons. The molecule has 0 spiro atoms. The van der Waals surface area contributed by atoms with Gasteiger partial charge in [0.2, 0.25) is 0 Å². The number of hydrogen-bond acceptors (Lipinski definition) is 3. The summed E-state index contributed by atoms with van der Waals surface area (Å²) in [5.74, 6) is 0.800. The van der Waals surface area contributed by atoms with Crippen molar-refractivity contribution in [3.8, 4) is 5.75 Å². The van der Waals surface area contributed by atoms with Crippen LogP contribution < -0.4 is 4.74 Å². The number of aromatic nitrogens is 3. The molecule has 4 heteroatoms. The Bertz CT molecular complexity index is 634. The van der Waals surface area contributed by atoms with Crippen molar-refractivity contribution >= 4 is 10.9 Å². The summed E-state index contributed by atoms with van der Waals surface area (Å²) in [6.45, 7) is 1.39. The van der Waals surface area contributed by atoms with E-state index in [1.807, 2.05) is 41.1 Å². The fourth-order valence-corrected chi connectivity index (χ4v) is 1.82. The van der Waals surface area contributed by atoms with Crippen LogP contribution >= 0.6 is 0 Å². The monoisotopic (exact) mass is 239 g/mol. The van der Waals surface area contributed by atoms with Crippen LogP contribution in [-0.2, 0) is 6.54 Å². The second-order valence-electron chi connectivity index (χ2n) is 4.01. The first-order valence-electron chi connectivity index (χ1n) is 5.85. The van der Waals surface area contributed by atoms with Gasteiger partial charge >= 0.3 is 0 Å². The van der Waals surface area contributed by atoms with E-state index in [4.69, 9.17) is 4.74 Å². The lowest BCUT2D eigenvalue weighted by atomic mass is 10.2. The van der Waals surface area contributed by atoms with E-state index in [9.17, 15) is 0 Å². The van der Waals surface area contributed by atoms with E-state index in [0.717, 1.165) is 23.2 Å². The second kappa shape index (κ2) is 4.87. The van der Waals surface area contributed by atoms with Crippen LogP contribution in [0.2, 0.25) is 0 Å². The minimum absolute atomic E-state index is 0.608. The van der Waals surface area contributed by atoms with Gasteiger partial charge in [-0.2, -0.15) is 0 Å². The smallest absolute Gasteiger partial charge is 0.138 e. The molecule has 0 radical (unpaired) electrons. The fraction of sp³-hybridized carbons (Fsp3) is 0.143. The van der Waals surface area contributed by atoms with Crippen molar-refractivity contribution in [3.63, 3.8) is 0 Å². The Kier molecular flexibility index (Phi) is 2.92. The summed E-state index contributed by atoms with van der Waals surface area (Å²) in [6, 6.07) is 10.0. The molecule has 0 amide bonds. The third kappa shape index (κ3) is 2.32. The number of pyridine rings is 1. The van der Waals surface area contributed by atoms with Crippen molar-refractivity contribution in [2.24, 2.45) is 0 Å². The number of fused-ring (bicyclic) bond motifs is 1. The maximum Gasteiger partial charge on any atom is 0.138 e. The molecule has 4 nitrogen and oxygen atoms in total. The first-order chi connectivity index (χ1) is 8.92. The molecule has 3 aromatic rings. The average Bonchev–Trinajstić information content (AvgIpc) is 2.92. The van der Waals surface area contributed by atoms with E-state index in [1.165, 1.54) is 0 Å². The highest BCUT2D eigenvalue weighted by molar-refractivity contribution is 5.79. The number of rotatable bonds is 4. The van der Waals surface area contributed by atoms with Gasteiger partial charge in [0.25, 0.3) is 0 Å². The predicted octanol–water partition coefficient (Wildman–Crippen LogP) is 2.51. The summed E-state index contributed by atoms with van der Waals surface area (Å²) in [4.78, 5) is 8.34. The summed E-state index contributed by atoms with van der Waals surface area (Å²) in [6.07, 6.45) is 7.22. The number of benzene rings is 1. The maximum absolute atomic E-state index is 5.68. The van der Waals surface area contributed by atoms with Crippen LogP contribution in [0.15, 0.2) is 55.2 Å². The highest BCUT2D eigenvalue weighted by Crippen LogP contribution is 2.17. The van der Waals surface area contributed by atoms with E-state index in [2.05, 4.69) is 9.97 Å². The van der Waals surface area contributed by atoms with Crippen molar-refractivity contribution in [3.05, 3.63) is 55.2 Å². The van der Waals surface area contributed by atoms with Crippen molar-refractivity contribution < 1.29 is 4.74 Å². The first kappa shape index (κ1) is 10.8. The quantitative estimate of drug-likeness (QED) is 0.702. The van der Waals surface area contributed by atoms with Crippen LogP contribution in [0, 0.1) is 0 Å². The van der Waals surface area contributed by atoms with Gasteiger partial charge in [-0.3, -0.25) is 4.98 Å². The molecule has 0 unspecified atom stereocenters. The second-order valence-corrected chi connectivity index (χ2v) is 4.01. The molecule has 2 aromatic heterocycles. The van der Waals surface area contributed by atoms with Crippen molar-refractivity contribution in [2.45, 2.75) is 6.54 Å².